The molecule has 0 saturated heterocycles. The molecule has 3 rings (SSSR count). The number of rotatable bonds is 7. The Balaban J connectivity index is 2.09. The van der Waals surface area contributed by atoms with Gasteiger partial charge in [0.15, 0.2) is 0 Å². The molecule has 3 aromatic rings. The van der Waals surface area contributed by atoms with Crippen LogP contribution in [-0.2, 0) is 4.79 Å². The number of phenolic OH excluding ortho intramolecular Hbond substituents is 1. The third-order valence-corrected chi connectivity index (χ3v) is 5.23. The van der Waals surface area contributed by atoms with Gasteiger partial charge in [0, 0.05) is 29.1 Å². The van der Waals surface area contributed by atoms with Crippen molar-refractivity contribution in [2.75, 3.05) is 11.9 Å². The Morgan fingerprint density at radius 2 is 1.93 bits per heavy atom. The first-order valence-corrected chi connectivity index (χ1v) is 9.93. The van der Waals surface area contributed by atoms with Crippen molar-refractivity contribution < 1.29 is 19.4 Å². The molecular formula is C22H19Cl2FN2O3. The maximum atomic E-state index is 14.5. The van der Waals surface area contributed by atoms with Gasteiger partial charge < -0.3 is 15.5 Å². The van der Waals surface area contributed by atoms with E-state index in [0.29, 0.717) is 46.2 Å². The van der Waals surface area contributed by atoms with E-state index in [2.05, 4.69) is 10.3 Å². The van der Waals surface area contributed by atoms with Crippen LogP contribution in [-0.4, -0.2) is 27.7 Å². The predicted molar refractivity (Wildman–Crippen MR) is 117 cm³/mol. The number of phenols is 1. The lowest BCUT2D eigenvalue weighted by Crippen LogP contribution is -2.07. The molecule has 0 bridgehead atoms. The lowest BCUT2D eigenvalue weighted by molar-refractivity contribution is -0.137. The maximum absolute atomic E-state index is 14.5. The fraction of sp³-hybridized carbons (Fsp3) is 0.182. The van der Waals surface area contributed by atoms with Crippen LogP contribution >= 0.6 is 23.2 Å². The zero-order chi connectivity index (χ0) is 21.8. The topological polar surface area (TPSA) is 82.5 Å². The molecule has 1 aromatic heterocycles. The van der Waals surface area contributed by atoms with Gasteiger partial charge in [0.1, 0.15) is 17.4 Å². The molecule has 0 atom stereocenters. The number of hydrogen-bond donors (Lipinski definition) is 3. The maximum Gasteiger partial charge on any atom is 0.303 e. The molecule has 0 saturated carbocycles. The summed E-state index contributed by atoms with van der Waals surface area (Å²) in [6.07, 6.45) is 0.395. The molecule has 1 heterocycles. The molecule has 30 heavy (non-hydrogen) atoms. The van der Waals surface area contributed by atoms with E-state index >= 15 is 0 Å². The second-order valence-electron chi connectivity index (χ2n) is 6.77. The van der Waals surface area contributed by atoms with Gasteiger partial charge in [-0.2, -0.15) is 0 Å². The predicted octanol–water partition coefficient (Wildman–Crippen LogP) is 6.15. The van der Waals surface area contributed by atoms with Crippen LogP contribution in [0, 0.1) is 12.7 Å². The summed E-state index contributed by atoms with van der Waals surface area (Å²) in [5, 5.41) is 23.0. The first-order chi connectivity index (χ1) is 14.3. The van der Waals surface area contributed by atoms with Crippen molar-refractivity contribution in [3.8, 4) is 28.1 Å². The molecule has 0 aliphatic rings. The molecule has 0 fully saturated rings. The van der Waals surface area contributed by atoms with Gasteiger partial charge in [-0.05, 0) is 60.9 Å². The number of anilines is 1. The lowest BCUT2D eigenvalue weighted by Gasteiger charge is -2.14. The zero-order valence-electron chi connectivity index (χ0n) is 16.0. The minimum Gasteiger partial charge on any atom is -0.507 e. The normalized spacial score (nSPS) is 10.8. The highest BCUT2D eigenvalue weighted by Gasteiger charge is 2.16. The fourth-order valence-electron chi connectivity index (χ4n) is 3.00. The molecular weight excluding hydrogens is 430 g/mol. The van der Waals surface area contributed by atoms with Crippen LogP contribution in [0.2, 0.25) is 10.0 Å². The van der Waals surface area contributed by atoms with Crippen LogP contribution in [0.4, 0.5) is 10.2 Å². The number of carboxylic acids is 1. The van der Waals surface area contributed by atoms with Crippen LogP contribution < -0.4 is 5.32 Å². The molecule has 2 aromatic carbocycles. The molecule has 5 nitrogen and oxygen atoms in total. The van der Waals surface area contributed by atoms with E-state index in [9.17, 15) is 14.3 Å². The smallest absolute Gasteiger partial charge is 0.303 e. The average molecular weight is 449 g/mol. The van der Waals surface area contributed by atoms with Gasteiger partial charge in [0.05, 0.1) is 10.7 Å². The third-order valence-electron chi connectivity index (χ3n) is 4.50. The highest BCUT2D eigenvalue weighted by molar-refractivity contribution is 6.33. The number of aliphatic carboxylic acids is 1. The van der Waals surface area contributed by atoms with E-state index in [1.54, 1.807) is 31.2 Å². The van der Waals surface area contributed by atoms with Crippen molar-refractivity contribution in [3.05, 3.63) is 63.9 Å². The number of benzene rings is 2. The third kappa shape index (κ3) is 5.01. The van der Waals surface area contributed by atoms with Crippen molar-refractivity contribution in [3.63, 3.8) is 0 Å². The van der Waals surface area contributed by atoms with Crippen LogP contribution in [0.1, 0.15) is 18.4 Å². The van der Waals surface area contributed by atoms with Crippen LogP contribution in [0.25, 0.3) is 22.4 Å². The number of nitrogens with zero attached hydrogens (tertiary/aromatic N) is 1. The van der Waals surface area contributed by atoms with E-state index < -0.39 is 11.8 Å². The molecule has 8 heteroatoms. The van der Waals surface area contributed by atoms with Crippen molar-refractivity contribution in [2.45, 2.75) is 19.8 Å². The Labute approximate surface area is 183 Å². The SMILES string of the molecule is Cc1cc(O)c(-c2cc(-c3c(F)cccc3Cl)cc(NCCCC(=O)O)n2)cc1Cl. The Morgan fingerprint density at radius 3 is 2.63 bits per heavy atom. The summed E-state index contributed by atoms with van der Waals surface area (Å²) in [5.74, 6) is -1.01. The molecule has 0 spiro atoms. The summed E-state index contributed by atoms with van der Waals surface area (Å²) in [4.78, 5) is 15.2. The number of aromatic hydroxyl groups is 1. The van der Waals surface area contributed by atoms with Gasteiger partial charge in [-0.15, -0.1) is 0 Å². The molecule has 0 radical (unpaired) electrons. The summed E-state index contributed by atoms with van der Waals surface area (Å²) in [6, 6.07) is 10.8. The van der Waals surface area contributed by atoms with Gasteiger partial charge >= 0.3 is 5.97 Å². The Kier molecular flexibility index (Phi) is 6.80. The van der Waals surface area contributed by atoms with Crippen molar-refractivity contribution in [1.29, 1.82) is 0 Å². The molecule has 0 aliphatic carbocycles. The van der Waals surface area contributed by atoms with Crippen molar-refractivity contribution >= 4 is 35.0 Å². The summed E-state index contributed by atoms with van der Waals surface area (Å²) in [7, 11) is 0. The number of carbonyl (C=O) groups is 1. The number of hydrogen-bond acceptors (Lipinski definition) is 4. The van der Waals surface area contributed by atoms with E-state index in [1.165, 1.54) is 18.2 Å². The quantitative estimate of drug-likeness (QED) is 0.377. The largest absolute Gasteiger partial charge is 0.507 e. The summed E-state index contributed by atoms with van der Waals surface area (Å²) in [6.45, 7) is 2.12. The van der Waals surface area contributed by atoms with Gasteiger partial charge in [-0.25, -0.2) is 9.37 Å². The van der Waals surface area contributed by atoms with Crippen LogP contribution in [0.15, 0.2) is 42.5 Å². The molecule has 0 aliphatic heterocycles. The first kappa shape index (κ1) is 21.9. The van der Waals surface area contributed by atoms with E-state index in [1.807, 2.05) is 0 Å². The molecule has 0 unspecified atom stereocenters. The van der Waals surface area contributed by atoms with E-state index in [-0.39, 0.29) is 22.8 Å². The minimum atomic E-state index is -0.892. The van der Waals surface area contributed by atoms with Crippen LogP contribution in [0.3, 0.4) is 0 Å². The van der Waals surface area contributed by atoms with E-state index in [0.717, 1.165) is 0 Å². The fourth-order valence-corrected chi connectivity index (χ4v) is 3.44. The highest BCUT2D eigenvalue weighted by atomic mass is 35.5. The Bertz CT molecular complexity index is 1090. The van der Waals surface area contributed by atoms with Gasteiger partial charge in [-0.3, -0.25) is 4.79 Å². The number of aryl methyl sites for hydroxylation is 1. The minimum absolute atomic E-state index is 0.00699. The average Bonchev–Trinajstić information content (AvgIpc) is 2.68. The monoisotopic (exact) mass is 448 g/mol. The van der Waals surface area contributed by atoms with Crippen LogP contribution in [0.5, 0.6) is 5.75 Å². The summed E-state index contributed by atoms with van der Waals surface area (Å²) in [5.41, 5.74) is 2.12. The zero-order valence-corrected chi connectivity index (χ0v) is 17.6. The van der Waals surface area contributed by atoms with Gasteiger partial charge in [-0.1, -0.05) is 29.3 Å². The second kappa shape index (κ2) is 9.32. The van der Waals surface area contributed by atoms with Crippen molar-refractivity contribution in [2.24, 2.45) is 0 Å². The molecule has 156 valence electrons. The number of aromatic nitrogens is 1. The summed E-state index contributed by atoms with van der Waals surface area (Å²) >= 11 is 12.5. The Morgan fingerprint density at radius 1 is 1.17 bits per heavy atom. The first-order valence-electron chi connectivity index (χ1n) is 9.18. The number of halogens is 3. The van der Waals surface area contributed by atoms with Crippen molar-refractivity contribution in [1.82, 2.24) is 4.98 Å². The Hall–Kier alpha value is -2.83. The standard InChI is InChI=1S/C22H19Cl2FN2O3/c1-12-8-19(28)14(11-16(12)24)18-9-13(22-15(23)4-2-5-17(22)25)10-20(27-18)26-7-3-6-21(29)30/h2,4-5,8-11,28H,3,6-7H2,1H3,(H,26,27)(H,29,30). The number of nitrogens with one attached hydrogen (secondary N) is 1. The highest BCUT2D eigenvalue weighted by Crippen LogP contribution is 2.38. The summed E-state index contributed by atoms with van der Waals surface area (Å²) < 4.78 is 14.5. The number of carboxylic acid groups (broad SMARTS) is 1. The van der Waals surface area contributed by atoms with E-state index in [4.69, 9.17) is 28.3 Å². The van der Waals surface area contributed by atoms with Gasteiger partial charge in [0.2, 0.25) is 0 Å². The van der Waals surface area contributed by atoms with Gasteiger partial charge in [0.25, 0.3) is 0 Å². The second-order valence-corrected chi connectivity index (χ2v) is 7.58. The lowest BCUT2D eigenvalue weighted by atomic mass is 10.0. The molecule has 0 amide bonds. The number of pyridine rings is 1. The molecule has 3 N–H and O–H groups in total.